The third-order valence-corrected chi connectivity index (χ3v) is 9.09. The maximum Gasteiger partial charge on any atom is 0.232 e. The Morgan fingerprint density at radius 2 is 1.84 bits per heavy atom. The van der Waals surface area contributed by atoms with E-state index in [9.17, 15) is 8.42 Å². The van der Waals surface area contributed by atoms with Crippen LogP contribution in [0.4, 0.5) is 34.5 Å². The lowest BCUT2D eigenvalue weighted by Crippen LogP contribution is -2.31. The van der Waals surface area contributed by atoms with Crippen molar-refractivity contribution in [3.8, 4) is 5.75 Å². The normalized spacial score (nSPS) is 15.3. The summed E-state index contributed by atoms with van der Waals surface area (Å²) < 4.78 is 32.1. The number of aryl methyl sites for hydroxylation is 2. The number of ether oxygens (including phenoxy) is 1. The van der Waals surface area contributed by atoms with E-state index >= 15 is 0 Å². The second-order valence-corrected chi connectivity index (χ2v) is 13.0. The average molecular weight is 606 g/mol. The van der Waals surface area contributed by atoms with Gasteiger partial charge in [-0.1, -0.05) is 6.92 Å². The Morgan fingerprint density at radius 3 is 2.51 bits per heavy atom. The smallest absolute Gasteiger partial charge is 0.232 e. The van der Waals surface area contributed by atoms with Gasteiger partial charge in [-0.2, -0.15) is 4.98 Å². The number of rotatable bonds is 10. The minimum atomic E-state index is -3.59. The van der Waals surface area contributed by atoms with Gasteiger partial charge in [0, 0.05) is 62.1 Å². The summed E-state index contributed by atoms with van der Waals surface area (Å²) >= 11 is 0. The number of hydrogen-bond donors (Lipinski definition) is 2. The van der Waals surface area contributed by atoms with Gasteiger partial charge in [-0.25, -0.2) is 13.4 Å². The Bertz CT molecular complexity index is 1750. The van der Waals surface area contributed by atoms with Crippen molar-refractivity contribution in [2.45, 2.75) is 32.7 Å². The molecule has 0 aliphatic carbocycles. The minimum Gasteiger partial charge on any atom is -0.494 e. The molecule has 1 fully saturated rings. The molecule has 228 valence electrons. The number of methoxy groups -OCH3 is 1. The number of aromatic nitrogens is 4. The lowest BCUT2D eigenvalue weighted by atomic mass is 10.1. The van der Waals surface area contributed by atoms with Gasteiger partial charge in [-0.15, -0.1) is 0 Å². The molecule has 1 saturated heterocycles. The highest BCUT2D eigenvalue weighted by molar-refractivity contribution is 7.92. The summed E-state index contributed by atoms with van der Waals surface area (Å²) in [6.07, 6.45) is 7.96. The zero-order valence-electron chi connectivity index (χ0n) is 25.7. The number of nitrogens with zero attached hydrogens (tertiary/aromatic N) is 7. The molecule has 5 rings (SSSR count). The van der Waals surface area contributed by atoms with Crippen LogP contribution in [-0.4, -0.2) is 86.9 Å². The van der Waals surface area contributed by atoms with E-state index in [1.165, 1.54) is 28.8 Å². The topological polar surface area (TPSA) is 129 Å². The molecule has 13 heteroatoms. The molecular formula is C30H39N9O3S. The van der Waals surface area contributed by atoms with E-state index < -0.39 is 10.0 Å². The lowest BCUT2D eigenvalue weighted by molar-refractivity contribution is 0.315. The number of nitrogens with one attached hydrogen (secondary N) is 2. The summed E-state index contributed by atoms with van der Waals surface area (Å²) in [7, 11) is 3.82. The monoisotopic (exact) mass is 605 g/mol. The summed E-state index contributed by atoms with van der Waals surface area (Å²) in [4.78, 5) is 22.8. The molecule has 0 radical (unpaired) electrons. The van der Waals surface area contributed by atoms with Gasteiger partial charge >= 0.3 is 0 Å². The van der Waals surface area contributed by atoms with E-state index in [0.717, 1.165) is 43.4 Å². The highest BCUT2D eigenvalue weighted by Crippen LogP contribution is 2.38. The standard InChI is InChI=1S/C30H39N9O3S/c1-8-20-15-24(26(42-6)16-25(20)39-14-11-21(18-39)37(3)4)35-30-33-17-19(2)29(36-30)34-23-10-9-22-27(32-13-12-31-22)28(23)38(5)43(7,40)41/h9-10,12-13,15-17,21H,8,11,14,18H2,1-7H3,(H2,33,34,35,36). The van der Waals surface area contributed by atoms with Gasteiger partial charge in [0.05, 0.1) is 30.3 Å². The van der Waals surface area contributed by atoms with Gasteiger partial charge in [0.15, 0.2) is 0 Å². The first kappa shape index (κ1) is 30.2. The van der Waals surface area contributed by atoms with Crippen LogP contribution in [-0.2, 0) is 16.4 Å². The Kier molecular flexibility index (Phi) is 8.56. The van der Waals surface area contributed by atoms with E-state index in [4.69, 9.17) is 9.72 Å². The average Bonchev–Trinajstić information content (AvgIpc) is 3.48. The number of benzene rings is 2. The van der Waals surface area contributed by atoms with Crippen molar-refractivity contribution in [2.24, 2.45) is 0 Å². The second kappa shape index (κ2) is 12.2. The van der Waals surface area contributed by atoms with Crippen LogP contribution in [0.25, 0.3) is 11.0 Å². The molecule has 1 aliphatic heterocycles. The summed E-state index contributed by atoms with van der Waals surface area (Å²) in [5, 5.41) is 6.66. The van der Waals surface area contributed by atoms with Gasteiger partial charge < -0.3 is 25.2 Å². The van der Waals surface area contributed by atoms with Crippen molar-refractivity contribution in [1.82, 2.24) is 24.8 Å². The van der Waals surface area contributed by atoms with E-state index in [1.54, 1.807) is 31.6 Å². The van der Waals surface area contributed by atoms with E-state index in [0.29, 0.717) is 46.0 Å². The van der Waals surface area contributed by atoms with Gasteiger partial charge in [-0.3, -0.25) is 14.3 Å². The van der Waals surface area contributed by atoms with E-state index in [1.807, 2.05) is 6.92 Å². The number of fused-ring (bicyclic) bond motifs is 1. The lowest BCUT2D eigenvalue weighted by Gasteiger charge is -2.25. The zero-order valence-corrected chi connectivity index (χ0v) is 26.5. The maximum absolute atomic E-state index is 12.6. The third-order valence-electron chi connectivity index (χ3n) is 7.91. The molecule has 2 N–H and O–H groups in total. The fraction of sp³-hybridized carbons (Fsp3) is 0.400. The van der Waals surface area contributed by atoms with Crippen LogP contribution in [0.3, 0.4) is 0 Å². The second-order valence-electron chi connectivity index (χ2n) is 11.0. The maximum atomic E-state index is 12.6. The predicted octanol–water partition coefficient (Wildman–Crippen LogP) is 4.32. The molecule has 2 aromatic carbocycles. The number of likely N-dealkylation sites (N-methyl/N-ethyl adjacent to an activating group) is 1. The SMILES string of the molecule is CCc1cc(Nc2ncc(C)c(Nc3ccc4nccnc4c3N(C)S(C)(=O)=O)n2)c(OC)cc1N1CCC(N(C)C)C1. The zero-order chi connectivity index (χ0) is 30.9. The van der Waals surface area contributed by atoms with E-state index in [-0.39, 0.29) is 0 Å². The highest BCUT2D eigenvalue weighted by Gasteiger charge is 2.27. The summed E-state index contributed by atoms with van der Waals surface area (Å²) in [6.45, 7) is 6.01. The van der Waals surface area contributed by atoms with Crippen LogP contribution in [0, 0.1) is 6.92 Å². The molecular weight excluding hydrogens is 566 g/mol. The summed E-state index contributed by atoms with van der Waals surface area (Å²) in [5.41, 5.74) is 5.86. The Morgan fingerprint density at radius 1 is 1.07 bits per heavy atom. The van der Waals surface area contributed by atoms with Crippen molar-refractivity contribution in [3.05, 3.63) is 54.0 Å². The molecule has 12 nitrogen and oxygen atoms in total. The van der Waals surface area contributed by atoms with Crippen molar-refractivity contribution in [1.29, 1.82) is 0 Å². The summed E-state index contributed by atoms with van der Waals surface area (Å²) in [5.74, 6) is 1.58. The van der Waals surface area contributed by atoms with Crippen LogP contribution in [0.1, 0.15) is 24.5 Å². The van der Waals surface area contributed by atoms with Gasteiger partial charge in [-0.05, 0) is 57.6 Å². The molecule has 3 heterocycles. The largest absolute Gasteiger partial charge is 0.494 e. The molecule has 0 spiro atoms. The van der Waals surface area contributed by atoms with Crippen molar-refractivity contribution >= 4 is 55.6 Å². The fourth-order valence-corrected chi connectivity index (χ4v) is 5.84. The Hall–Kier alpha value is -4.23. The van der Waals surface area contributed by atoms with Crippen LogP contribution in [0.15, 0.2) is 42.9 Å². The van der Waals surface area contributed by atoms with Gasteiger partial charge in [0.2, 0.25) is 16.0 Å². The first-order chi connectivity index (χ1) is 20.5. The molecule has 0 bridgehead atoms. The number of hydrogen-bond acceptors (Lipinski definition) is 11. The van der Waals surface area contributed by atoms with Gasteiger partial charge in [0.25, 0.3) is 0 Å². The first-order valence-corrected chi connectivity index (χ1v) is 16.0. The third kappa shape index (κ3) is 6.27. The molecule has 2 aromatic heterocycles. The van der Waals surface area contributed by atoms with Crippen molar-refractivity contribution in [3.63, 3.8) is 0 Å². The molecule has 43 heavy (non-hydrogen) atoms. The quantitative estimate of drug-likeness (QED) is 0.268. The van der Waals surface area contributed by atoms with Gasteiger partial charge in [0.1, 0.15) is 22.8 Å². The molecule has 1 aliphatic rings. The number of anilines is 6. The van der Waals surface area contributed by atoms with Crippen LogP contribution >= 0.6 is 0 Å². The molecule has 4 aromatic rings. The van der Waals surface area contributed by atoms with Crippen LogP contribution in [0.5, 0.6) is 5.75 Å². The molecule has 1 unspecified atom stereocenters. The Labute approximate surface area is 253 Å². The van der Waals surface area contributed by atoms with Crippen LogP contribution in [0.2, 0.25) is 0 Å². The first-order valence-electron chi connectivity index (χ1n) is 14.2. The van der Waals surface area contributed by atoms with Crippen molar-refractivity contribution in [2.75, 3.05) is 67.4 Å². The molecule has 0 amide bonds. The Balaban J connectivity index is 1.48. The summed E-state index contributed by atoms with van der Waals surface area (Å²) in [6, 6.07) is 8.29. The van der Waals surface area contributed by atoms with Crippen LogP contribution < -0.4 is 24.6 Å². The molecule has 1 atom stereocenters. The van der Waals surface area contributed by atoms with E-state index in [2.05, 4.69) is 68.5 Å². The predicted molar refractivity (Wildman–Crippen MR) is 173 cm³/mol. The van der Waals surface area contributed by atoms with Crippen molar-refractivity contribution < 1.29 is 13.2 Å². The molecule has 0 saturated carbocycles. The highest BCUT2D eigenvalue weighted by atomic mass is 32.2. The number of sulfonamides is 1. The fourth-order valence-electron chi connectivity index (χ4n) is 5.32. The minimum absolute atomic E-state index is 0.369.